The van der Waals surface area contributed by atoms with Crippen molar-refractivity contribution >= 4 is 22.9 Å². The van der Waals surface area contributed by atoms with Gasteiger partial charge in [0.05, 0.1) is 11.0 Å². The number of nitrogens with two attached hydrogens (primary N) is 1. The lowest BCUT2D eigenvalue weighted by atomic mass is 9.89. The summed E-state index contributed by atoms with van der Waals surface area (Å²) in [7, 11) is 0. The fraction of sp³-hybridized carbons (Fsp3) is 0.615. The smallest absolute Gasteiger partial charge is 0.261 e. The van der Waals surface area contributed by atoms with Gasteiger partial charge in [-0.15, -0.1) is 11.3 Å². The molecule has 1 aromatic rings. The van der Waals surface area contributed by atoms with Gasteiger partial charge in [0.1, 0.15) is 0 Å². The number of anilines is 1. The first kappa shape index (κ1) is 15.0. The molecule has 1 aromatic heterocycles. The largest absolute Gasteiger partial charge is 0.398 e. The molecule has 0 saturated carbocycles. The Morgan fingerprint density at radius 3 is 2.61 bits per heavy atom. The number of amides is 1. The average Bonchev–Trinajstić information content (AvgIpc) is 2.53. The van der Waals surface area contributed by atoms with Gasteiger partial charge in [-0.05, 0) is 24.8 Å². The minimum absolute atomic E-state index is 0.0497. The number of nitrogens with one attached hydrogen (secondary N) is 1. The second-order valence-corrected chi connectivity index (χ2v) is 7.01. The predicted octanol–water partition coefficient (Wildman–Crippen LogP) is 2.17. The van der Waals surface area contributed by atoms with Crippen molar-refractivity contribution < 1.29 is 9.90 Å². The van der Waals surface area contributed by atoms with E-state index in [1.165, 1.54) is 11.3 Å². The number of aliphatic hydroxyl groups is 1. The summed E-state index contributed by atoms with van der Waals surface area (Å²) in [6.45, 7) is 8.32. The summed E-state index contributed by atoms with van der Waals surface area (Å²) >= 11 is 1.37. The van der Waals surface area contributed by atoms with E-state index in [-0.39, 0.29) is 17.9 Å². The number of carbonyl (C=O) groups excluding carboxylic acids is 1. The van der Waals surface area contributed by atoms with Gasteiger partial charge in [-0.3, -0.25) is 4.79 Å². The Morgan fingerprint density at radius 1 is 1.56 bits per heavy atom. The van der Waals surface area contributed by atoms with Crippen LogP contribution in [0.3, 0.4) is 0 Å². The zero-order valence-corrected chi connectivity index (χ0v) is 12.2. The molecule has 1 amide bonds. The van der Waals surface area contributed by atoms with Crippen LogP contribution >= 0.6 is 11.3 Å². The SMILES string of the molecule is Cc1sc(C(=O)NCC(O)CC(C)(C)C)cc1N. The normalized spacial score (nSPS) is 13.4. The highest BCUT2D eigenvalue weighted by atomic mass is 32.1. The molecule has 0 aromatic carbocycles. The molecule has 1 atom stereocenters. The van der Waals surface area contributed by atoms with Gasteiger partial charge >= 0.3 is 0 Å². The van der Waals surface area contributed by atoms with Crippen LogP contribution in [0.1, 0.15) is 41.7 Å². The first-order valence-electron chi connectivity index (χ1n) is 6.01. The van der Waals surface area contributed by atoms with E-state index < -0.39 is 6.10 Å². The molecule has 1 unspecified atom stereocenters. The molecule has 5 heteroatoms. The van der Waals surface area contributed by atoms with Crippen molar-refractivity contribution in [3.8, 4) is 0 Å². The van der Waals surface area contributed by atoms with Crippen LogP contribution in [0.25, 0.3) is 0 Å². The number of carbonyl (C=O) groups is 1. The highest BCUT2D eigenvalue weighted by Crippen LogP contribution is 2.23. The fourth-order valence-corrected chi connectivity index (χ4v) is 2.54. The fourth-order valence-electron chi connectivity index (χ4n) is 1.68. The van der Waals surface area contributed by atoms with E-state index >= 15 is 0 Å². The first-order valence-corrected chi connectivity index (χ1v) is 6.83. The summed E-state index contributed by atoms with van der Waals surface area (Å²) < 4.78 is 0. The Kier molecular flexibility index (Phi) is 4.76. The van der Waals surface area contributed by atoms with E-state index in [0.29, 0.717) is 17.0 Å². The number of thiophene rings is 1. The van der Waals surface area contributed by atoms with Gasteiger partial charge in [0.25, 0.3) is 5.91 Å². The molecule has 0 bridgehead atoms. The monoisotopic (exact) mass is 270 g/mol. The lowest BCUT2D eigenvalue weighted by Crippen LogP contribution is -2.33. The van der Waals surface area contributed by atoms with Crippen molar-refractivity contribution in [1.29, 1.82) is 0 Å². The molecule has 1 rings (SSSR count). The Labute approximate surface area is 112 Å². The van der Waals surface area contributed by atoms with Crippen LogP contribution in [0, 0.1) is 12.3 Å². The molecular formula is C13H22N2O2S. The van der Waals surface area contributed by atoms with Crippen molar-refractivity contribution in [2.75, 3.05) is 12.3 Å². The topological polar surface area (TPSA) is 75.3 Å². The number of aliphatic hydroxyl groups excluding tert-OH is 1. The highest BCUT2D eigenvalue weighted by Gasteiger charge is 2.18. The van der Waals surface area contributed by atoms with Gasteiger partial charge in [-0.1, -0.05) is 20.8 Å². The summed E-state index contributed by atoms with van der Waals surface area (Å²) in [5, 5.41) is 12.5. The number of aryl methyl sites for hydroxylation is 1. The van der Waals surface area contributed by atoms with Crippen LogP contribution in [0.5, 0.6) is 0 Å². The van der Waals surface area contributed by atoms with E-state index in [2.05, 4.69) is 26.1 Å². The number of nitrogen functional groups attached to an aromatic ring is 1. The number of hydrogen-bond acceptors (Lipinski definition) is 4. The molecule has 0 aliphatic heterocycles. The summed E-state index contributed by atoms with van der Waals surface area (Å²) in [4.78, 5) is 13.3. The van der Waals surface area contributed by atoms with Gasteiger partial charge in [-0.25, -0.2) is 0 Å². The van der Waals surface area contributed by atoms with Crippen molar-refractivity contribution in [3.05, 3.63) is 15.8 Å². The molecule has 18 heavy (non-hydrogen) atoms. The minimum atomic E-state index is -0.521. The van der Waals surface area contributed by atoms with Crippen molar-refractivity contribution in [2.24, 2.45) is 5.41 Å². The minimum Gasteiger partial charge on any atom is -0.398 e. The Hall–Kier alpha value is -1.07. The van der Waals surface area contributed by atoms with Gasteiger partial charge in [0, 0.05) is 17.1 Å². The van der Waals surface area contributed by atoms with Crippen molar-refractivity contribution in [3.63, 3.8) is 0 Å². The first-order chi connectivity index (χ1) is 8.19. The summed E-state index contributed by atoms with van der Waals surface area (Å²) in [6.07, 6.45) is 0.131. The third-order valence-corrected chi connectivity index (χ3v) is 3.59. The Bertz CT molecular complexity index is 402. The van der Waals surface area contributed by atoms with E-state index in [0.717, 1.165) is 4.88 Å². The highest BCUT2D eigenvalue weighted by molar-refractivity contribution is 7.14. The standard InChI is InChI=1S/C13H22N2O2S/c1-8-10(14)5-11(18-8)12(17)15-7-9(16)6-13(2,3)4/h5,9,16H,6-7,14H2,1-4H3,(H,15,17). The van der Waals surface area contributed by atoms with E-state index in [9.17, 15) is 9.90 Å². The summed E-state index contributed by atoms with van der Waals surface area (Å²) in [5.41, 5.74) is 6.39. The molecule has 0 aliphatic rings. The van der Waals surface area contributed by atoms with Crippen LogP contribution in [0.4, 0.5) is 5.69 Å². The third kappa shape index (κ3) is 4.66. The second kappa shape index (κ2) is 5.71. The van der Waals surface area contributed by atoms with Gasteiger partial charge < -0.3 is 16.2 Å². The molecule has 0 saturated heterocycles. The van der Waals surface area contributed by atoms with E-state index in [1.54, 1.807) is 6.07 Å². The van der Waals surface area contributed by atoms with Crippen molar-refractivity contribution in [1.82, 2.24) is 5.32 Å². The molecule has 0 radical (unpaired) electrons. The maximum atomic E-state index is 11.8. The van der Waals surface area contributed by atoms with Crippen LogP contribution < -0.4 is 11.1 Å². The number of hydrogen-bond donors (Lipinski definition) is 3. The van der Waals surface area contributed by atoms with Crippen LogP contribution in [0.15, 0.2) is 6.07 Å². The van der Waals surface area contributed by atoms with Gasteiger partial charge in [0.15, 0.2) is 0 Å². The molecule has 0 fully saturated rings. The van der Waals surface area contributed by atoms with Crippen molar-refractivity contribution in [2.45, 2.75) is 40.2 Å². The second-order valence-electron chi connectivity index (χ2n) is 5.75. The lowest BCUT2D eigenvalue weighted by Gasteiger charge is -2.22. The zero-order chi connectivity index (χ0) is 13.9. The summed E-state index contributed by atoms with van der Waals surface area (Å²) in [5.74, 6) is -0.173. The predicted molar refractivity (Wildman–Crippen MR) is 75.9 cm³/mol. The maximum Gasteiger partial charge on any atom is 0.261 e. The van der Waals surface area contributed by atoms with Crippen LogP contribution in [-0.2, 0) is 0 Å². The Morgan fingerprint density at radius 2 is 2.17 bits per heavy atom. The molecule has 1 heterocycles. The zero-order valence-electron chi connectivity index (χ0n) is 11.4. The quantitative estimate of drug-likeness (QED) is 0.785. The molecule has 0 aliphatic carbocycles. The molecular weight excluding hydrogens is 248 g/mol. The van der Waals surface area contributed by atoms with E-state index in [4.69, 9.17) is 5.73 Å². The third-order valence-electron chi connectivity index (χ3n) is 2.53. The number of rotatable bonds is 4. The molecule has 4 nitrogen and oxygen atoms in total. The van der Waals surface area contributed by atoms with Gasteiger partial charge in [-0.2, -0.15) is 0 Å². The Balaban J connectivity index is 2.46. The van der Waals surface area contributed by atoms with E-state index in [1.807, 2.05) is 6.92 Å². The maximum absolute atomic E-state index is 11.8. The van der Waals surface area contributed by atoms with Crippen LogP contribution in [0.2, 0.25) is 0 Å². The van der Waals surface area contributed by atoms with Crippen LogP contribution in [-0.4, -0.2) is 23.7 Å². The molecule has 4 N–H and O–H groups in total. The average molecular weight is 270 g/mol. The molecule has 0 spiro atoms. The molecule has 102 valence electrons. The lowest BCUT2D eigenvalue weighted by molar-refractivity contribution is 0.0872. The summed E-state index contributed by atoms with van der Waals surface area (Å²) in [6, 6.07) is 1.67. The van der Waals surface area contributed by atoms with Gasteiger partial charge in [0.2, 0.25) is 0 Å².